The van der Waals surface area contributed by atoms with E-state index in [9.17, 15) is 13.2 Å². The first-order chi connectivity index (χ1) is 9.29. The Morgan fingerprint density at radius 3 is 2.50 bits per heavy atom. The number of sulfonamides is 1. The summed E-state index contributed by atoms with van der Waals surface area (Å²) in [5, 5.41) is 5.72. The molecule has 0 fully saturated rings. The number of nitrogens with zero attached hydrogens (tertiary/aromatic N) is 1. The Balaban J connectivity index is 2.46. The molecule has 2 rings (SSSR count). The van der Waals surface area contributed by atoms with E-state index in [1.165, 1.54) is 18.2 Å². The first-order valence-corrected chi connectivity index (χ1v) is 7.36. The highest BCUT2D eigenvalue weighted by atomic mass is 35.5. The Bertz CT molecular complexity index is 776. The van der Waals surface area contributed by atoms with E-state index >= 15 is 0 Å². The molecule has 7 nitrogen and oxygen atoms in total. The molecule has 10 heteroatoms. The molecule has 0 spiro atoms. The van der Waals surface area contributed by atoms with Crippen molar-refractivity contribution in [3.8, 4) is 0 Å². The maximum Gasteiger partial charge on any atom is 0.266 e. The molecule has 1 heterocycles. The zero-order chi connectivity index (χ0) is 14.9. The highest BCUT2D eigenvalue weighted by Gasteiger charge is 2.22. The largest absolute Gasteiger partial charge is 0.398 e. The van der Waals surface area contributed by atoms with Gasteiger partial charge in [-0.3, -0.25) is 9.52 Å². The molecular weight excluding hydrogens is 327 g/mol. The van der Waals surface area contributed by atoms with Crippen LogP contribution in [0.3, 0.4) is 0 Å². The fourth-order valence-electron chi connectivity index (χ4n) is 1.45. The summed E-state index contributed by atoms with van der Waals surface area (Å²) in [4.78, 5) is 10.5. The second-order valence-electron chi connectivity index (χ2n) is 3.72. The first kappa shape index (κ1) is 14.6. The lowest BCUT2D eigenvalue weighted by Gasteiger charge is -2.11. The highest BCUT2D eigenvalue weighted by molar-refractivity contribution is 7.93. The van der Waals surface area contributed by atoms with Crippen LogP contribution < -0.4 is 16.0 Å². The van der Waals surface area contributed by atoms with Crippen molar-refractivity contribution in [1.82, 2.24) is 10.2 Å². The lowest BCUT2D eigenvalue weighted by molar-refractivity contribution is 0.601. The molecule has 0 unspecified atom stereocenters. The summed E-state index contributed by atoms with van der Waals surface area (Å²) < 4.78 is 26.5. The van der Waals surface area contributed by atoms with Crippen LogP contribution in [0.25, 0.3) is 0 Å². The van der Waals surface area contributed by atoms with E-state index in [1.807, 2.05) is 0 Å². The third kappa shape index (κ3) is 3.03. The summed E-state index contributed by atoms with van der Waals surface area (Å²) in [6, 6.07) is 4.85. The zero-order valence-electron chi connectivity index (χ0n) is 9.72. The first-order valence-electron chi connectivity index (χ1n) is 5.12. The van der Waals surface area contributed by atoms with E-state index in [0.717, 1.165) is 6.07 Å². The molecule has 1 aromatic carbocycles. The predicted octanol–water partition coefficient (Wildman–Crippen LogP) is 1.46. The molecule has 0 aliphatic carbocycles. The summed E-state index contributed by atoms with van der Waals surface area (Å²) in [6.45, 7) is 0. The van der Waals surface area contributed by atoms with E-state index in [-0.39, 0.29) is 26.4 Å². The molecule has 0 bridgehead atoms. The van der Waals surface area contributed by atoms with Crippen molar-refractivity contribution < 1.29 is 8.42 Å². The molecule has 4 N–H and O–H groups in total. The lowest BCUT2D eigenvalue weighted by Crippen LogP contribution is -2.18. The number of aromatic amines is 1. The number of benzene rings is 1. The van der Waals surface area contributed by atoms with Gasteiger partial charge in [-0.05, 0) is 18.2 Å². The van der Waals surface area contributed by atoms with Gasteiger partial charge in [0.2, 0.25) is 0 Å². The molecule has 1 aromatic heterocycles. The maximum atomic E-state index is 12.2. The van der Waals surface area contributed by atoms with Crippen LogP contribution in [-0.2, 0) is 10.0 Å². The Kier molecular flexibility index (Phi) is 3.89. The minimum Gasteiger partial charge on any atom is -0.398 e. The zero-order valence-corrected chi connectivity index (χ0v) is 12.1. The fraction of sp³-hybridized carbons (Fsp3) is 0. The second-order valence-corrected chi connectivity index (χ2v) is 6.18. The number of H-pyrrole nitrogens is 1. The molecule has 0 saturated carbocycles. The smallest absolute Gasteiger partial charge is 0.266 e. The molecule has 106 valence electrons. The van der Waals surface area contributed by atoms with Crippen molar-refractivity contribution in [2.75, 3.05) is 10.5 Å². The number of anilines is 2. The van der Waals surface area contributed by atoms with Gasteiger partial charge in [0.05, 0.1) is 10.7 Å². The van der Waals surface area contributed by atoms with Gasteiger partial charge >= 0.3 is 0 Å². The standard InChI is InChI=1S/C10H8Cl2N4O3S/c11-5-3-6(12)10(7(13)4-5)20(18,19)16-8-1-2-9(17)15-14-8/h1-4H,13H2,(H,14,16)(H,15,17). The Labute approximate surface area is 123 Å². The van der Waals surface area contributed by atoms with Gasteiger partial charge < -0.3 is 5.73 Å². The van der Waals surface area contributed by atoms with Gasteiger partial charge in [-0.25, -0.2) is 13.5 Å². The fourth-order valence-corrected chi connectivity index (χ4v) is 3.44. The van der Waals surface area contributed by atoms with Crippen LogP contribution in [0, 0.1) is 0 Å². The van der Waals surface area contributed by atoms with Crippen LogP contribution in [0.4, 0.5) is 11.5 Å². The van der Waals surface area contributed by atoms with Crippen molar-refractivity contribution in [2.24, 2.45) is 0 Å². The molecular formula is C10H8Cl2N4O3S. The Morgan fingerprint density at radius 1 is 1.25 bits per heavy atom. The van der Waals surface area contributed by atoms with Crippen LogP contribution in [0.2, 0.25) is 10.0 Å². The van der Waals surface area contributed by atoms with Crippen molar-refractivity contribution in [2.45, 2.75) is 4.90 Å². The van der Waals surface area contributed by atoms with Crippen LogP contribution in [-0.4, -0.2) is 18.6 Å². The van der Waals surface area contributed by atoms with Gasteiger partial charge in [-0.2, -0.15) is 5.10 Å². The molecule has 0 amide bonds. The van der Waals surface area contributed by atoms with Crippen molar-refractivity contribution in [1.29, 1.82) is 0 Å². The summed E-state index contributed by atoms with van der Waals surface area (Å²) in [7, 11) is -4.05. The average Bonchev–Trinajstić information content (AvgIpc) is 2.30. The summed E-state index contributed by atoms with van der Waals surface area (Å²) in [5.41, 5.74) is 5.06. The van der Waals surface area contributed by atoms with Crippen molar-refractivity contribution >= 4 is 44.7 Å². The third-order valence-electron chi connectivity index (χ3n) is 2.22. The van der Waals surface area contributed by atoms with E-state index in [4.69, 9.17) is 28.9 Å². The number of aromatic nitrogens is 2. The monoisotopic (exact) mass is 334 g/mol. The van der Waals surface area contributed by atoms with E-state index in [0.29, 0.717) is 0 Å². The molecule has 20 heavy (non-hydrogen) atoms. The van der Waals surface area contributed by atoms with Crippen LogP contribution in [0.5, 0.6) is 0 Å². The summed E-state index contributed by atoms with van der Waals surface area (Å²) in [5.74, 6) is -0.0741. The molecule has 0 saturated heterocycles. The number of nitrogens with one attached hydrogen (secondary N) is 2. The number of hydrogen-bond donors (Lipinski definition) is 3. The van der Waals surface area contributed by atoms with Gasteiger partial charge in [-0.15, -0.1) is 0 Å². The highest BCUT2D eigenvalue weighted by Crippen LogP contribution is 2.31. The predicted molar refractivity (Wildman–Crippen MR) is 76.5 cm³/mol. The van der Waals surface area contributed by atoms with Gasteiger partial charge in [-0.1, -0.05) is 23.2 Å². The maximum absolute atomic E-state index is 12.2. The van der Waals surface area contributed by atoms with Gasteiger partial charge in [0.1, 0.15) is 4.90 Å². The van der Waals surface area contributed by atoms with Crippen LogP contribution in [0.1, 0.15) is 0 Å². The second kappa shape index (κ2) is 5.31. The molecule has 2 aromatic rings. The topological polar surface area (TPSA) is 118 Å². The van der Waals surface area contributed by atoms with Gasteiger partial charge in [0.15, 0.2) is 5.82 Å². The van der Waals surface area contributed by atoms with Crippen LogP contribution >= 0.6 is 23.2 Å². The average molecular weight is 335 g/mol. The Hall–Kier alpha value is -1.77. The molecule has 0 aliphatic heterocycles. The Morgan fingerprint density at radius 2 is 1.95 bits per heavy atom. The van der Waals surface area contributed by atoms with Gasteiger partial charge in [0.25, 0.3) is 15.6 Å². The van der Waals surface area contributed by atoms with Crippen LogP contribution in [0.15, 0.2) is 34.0 Å². The normalized spacial score (nSPS) is 11.3. The molecule has 0 atom stereocenters. The van der Waals surface area contributed by atoms with E-state index in [1.54, 1.807) is 0 Å². The number of hydrogen-bond acceptors (Lipinski definition) is 5. The van der Waals surface area contributed by atoms with E-state index < -0.39 is 15.6 Å². The molecule has 0 aliphatic rings. The minimum absolute atomic E-state index is 0.0741. The van der Waals surface area contributed by atoms with E-state index in [2.05, 4.69) is 14.9 Å². The molecule has 0 radical (unpaired) electrons. The number of halogens is 2. The SMILES string of the molecule is Nc1cc(Cl)cc(Cl)c1S(=O)(=O)Nc1ccc(=O)[nH]n1. The summed E-state index contributed by atoms with van der Waals surface area (Å²) >= 11 is 11.6. The quantitative estimate of drug-likeness (QED) is 0.734. The number of rotatable bonds is 3. The third-order valence-corrected chi connectivity index (χ3v) is 4.32. The van der Waals surface area contributed by atoms with Crippen molar-refractivity contribution in [3.63, 3.8) is 0 Å². The lowest BCUT2D eigenvalue weighted by atomic mass is 10.3. The summed E-state index contributed by atoms with van der Waals surface area (Å²) in [6.07, 6.45) is 0. The minimum atomic E-state index is -4.05. The number of nitrogen functional groups attached to an aromatic ring is 1. The van der Waals surface area contributed by atoms with Gasteiger partial charge in [0, 0.05) is 11.1 Å². The van der Waals surface area contributed by atoms with Crippen molar-refractivity contribution in [3.05, 3.63) is 44.7 Å². The number of nitrogens with two attached hydrogens (primary N) is 1.